The van der Waals surface area contributed by atoms with E-state index in [0.29, 0.717) is 19.7 Å². The van der Waals surface area contributed by atoms with Crippen molar-refractivity contribution in [2.24, 2.45) is 0 Å². The Bertz CT molecular complexity index is 790. The van der Waals surface area contributed by atoms with Crippen molar-refractivity contribution in [3.8, 4) is 0 Å². The van der Waals surface area contributed by atoms with Crippen LogP contribution in [0.2, 0.25) is 0 Å². The molecule has 0 spiro atoms. The Morgan fingerprint density at radius 1 is 1.24 bits per heavy atom. The molecule has 1 atom stereocenters. The van der Waals surface area contributed by atoms with E-state index in [1.54, 1.807) is 0 Å². The highest BCUT2D eigenvalue weighted by molar-refractivity contribution is 5.94. The van der Waals surface area contributed by atoms with Crippen LogP contribution < -0.4 is 5.32 Å². The molecule has 1 aliphatic carbocycles. The summed E-state index contributed by atoms with van der Waals surface area (Å²) in [5.41, 5.74) is 4.38. The molecule has 1 aliphatic heterocycles. The predicted molar refractivity (Wildman–Crippen MR) is 96.8 cm³/mol. The number of amides is 1. The van der Waals surface area contributed by atoms with Gasteiger partial charge >= 0.3 is 0 Å². The number of morpholine rings is 1. The molecule has 0 bridgehead atoms. The van der Waals surface area contributed by atoms with E-state index in [2.05, 4.69) is 22.4 Å². The van der Waals surface area contributed by atoms with Crippen molar-refractivity contribution >= 4 is 11.7 Å². The van der Waals surface area contributed by atoms with Gasteiger partial charge in [-0.05, 0) is 54.7 Å². The molecule has 5 heteroatoms. The number of benzene rings is 1. The SMILES string of the molecule is CNc1cccc([C@H]2CN(C(=O)c3ccc4c(c3)CCC4)CCO2)n1. The van der Waals surface area contributed by atoms with Gasteiger partial charge in [0.1, 0.15) is 11.9 Å². The van der Waals surface area contributed by atoms with E-state index in [1.165, 1.54) is 17.5 Å². The fourth-order valence-corrected chi connectivity index (χ4v) is 3.67. The molecule has 0 unspecified atom stereocenters. The van der Waals surface area contributed by atoms with Crippen LogP contribution >= 0.6 is 0 Å². The van der Waals surface area contributed by atoms with Gasteiger partial charge in [-0.1, -0.05) is 12.1 Å². The van der Waals surface area contributed by atoms with Gasteiger partial charge in [-0.3, -0.25) is 4.79 Å². The number of aryl methyl sites for hydroxylation is 2. The summed E-state index contributed by atoms with van der Waals surface area (Å²) in [6, 6.07) is 12.0. The van der Waals surface area contributed by atoms with Crippen molar-refractivity contribution in [2.45, 2.75) is 25.4 Å². The van der Waals surface area contributed by atoms with Gasteiger partial charge in [0.2, 0.25) is 0 Å². The van der Waals surface area contributed by atoms with E-state index < -0.39 is 0 Å². The largest absolute Gasteiger partial charge is 0.373 e. The Morgan fingerprint density at radius 2 is 2.12 bits per heavy atom. The maximum atomic E-state index is 12.9. The molecule has 0 radical (unpaired) electrons. The van der Waals surface area contributed by atoms with Crippen LogP contribution in [0.15, 0.2) is 36.4 Å². The van der Waals surface area contributed by atoms with Crippen molar-refractivity contribution < 1.29 is 9.53 Å². The molecule has 4 rings (SSSR count). The average Bonchev–Trinajstić information content (AvgIpc) is 3.15. The van der Waals surface area contributed by atoms with Gasteiger partial charge in [0.05, 0.1) is 18.8 Å². The Morgan fingerprint density at radius 3 is 3.00 bits per heavy atom. The Labute approximate surface area is 148 Å². The maximum Gasteiger partial charge on any atom is 0.254 e. The Balaban J connectivity index is 1.51. The second-order valence-corrected chi connectivity index (χ2v) is 6.65. The van der Waals surface area contributed by atoms with Crippen molar-refractivity contribution in [3.05, 3.63) is 58.8 Å². The van der Waals surface area contributed by atoms with E-state index in [4.69, 9.17) is 4.74 Å². The molecule has 1 amide bonds. The molecule has 1 fully saturated rings. The van der Waals surface area contributed by atoms with Crippen molar-refractivity contribution in [1.82, 2.24) is 9.88 Å². The second-order valence-electron chi connectivity index (χ2n) is 6.65. The quantitative estimate of drug-likeness (QED) is 0.936. The predicted octanol–water partition coefficient (Wildman–Crippen LogP) is 2.83. The lowest BCUT2D eigenvalue weighted by molar-refractivity contribution is -0.0246. The molecule has 130 valence electrons. The number of hydrogen-bond acceptors (Lipinski definition) is 4. The fraction of sp³-hybridized carbons (Fsp3) is 0.400. The lowest BCUT2D eigenvalue weighted by atomic mass is 10.0. The van der Waals surface area contributed by atoms with E-state index in [0.717, 1.165) is 29.9 Å². The third kappa shape index (κ3) is 3.24. The highest BCUT2D eigenvalue weighted by Crippen LogP contribution is 2.26. The zero-order valence-electron chi connectivity index (χ0n) is 14.5. The number of ether oxygens (including phenoxy) is 1. The van der Waals surface area contributed by atoms with Crippen LogP contribution in [0, 0.1) is 0 Å². The molecule has 25 heavy (non-hydrogen) atoms. The van der Waals surface area contributed by atoms with Gasteiger partial charge in [-0.25, -0.2) is 4.98 Å². The first-order valence-corrected chi connectivity index (χ1v) is 8.92. The fourth-order valence-electron chi connectivity index (χ4n) is 3.67. The van der Waals surface area contributed by atoms with Gasteiger partial charge in [0, 0.05) is 19.2 Å². The molecule has 1 N–H and O–H groups in total. The minimum absolute atomic E-state index is 0.0905. The van der Waals surface area contributed by atoms with E-state index in [1.807, 2.05) is 36.2 Å². The number of pyridine rings is 1. The lowest BCUT2D eigenvalue weighted by Gasteiger charge is -2.33. The number of carbonyl (C=O) groups is 1. The molecule has 2 heterocycles. The highest BCUT2D eigenvalue weighted by Gasteiger charge is 2.27. The summed E-state index contributed by atoms with van der Waals surface area (Å²) in [4.78, 5) is 19.4. The van der Waals surface area contributed by atoms with Crippen LogP contribution in [0.4, 0.5) is 5.82 Å². The molecule has 5 nitrogen and oxygen atoms in total. The van der Waals surface area contributed by atoms with Crippen molar-refractivity contribution in [2.75, 3.05) is 32.1 Å². The maximum absolute atomic E-state index is 12.9. The summed E-state index contributed by atoms with van der Waals surface area (Å²) in [7, 11) is 1.84. The van der Waals surface area contributed by atoms with Crippen molar-refractivity contribution in [1.29, 1.82) is 0 Å². The second kappa shape index (κ2) is 6.84. The van der Waals surface area contributed by atoms with Crippen LogP contribution in [0.1, 0.15) is 39.7 Å². The standard InChI is InChI=1S/C20H23N3O2/c1-21-19-7-3-6-17(22-19)18-13-23(10-11-25-18)20(24)16-9-8-14-4-2-5-15(14)12-16/h3,6-9,12,18H,2,4-5,10-11,13H2,1H3,(H,21,22)/t18-/m1/s1. The van der Waals surface area contributed by atoms with Crippen molar-refractivity contribution in [3.63, 3.8) is 0 Å². The zero-order chi connectivity index (χ0) is 17.2. The molecule has 2 aliphatic rings. The van der Waals surface area contributed by atoms with Crippen LogP contribution in [0.3, 0.4) is 0 Å². The van der Waals surface area contributed by atoms with Crippen LogP contribution in [0.5, 0.6) is 0 Å². The van der Waals surface area contributed by atoms with Gasteiger partial charge in [-0.15, -0.1) is 0 Å². The molecule has 1 aromatic heterocycles. The smallest absolute Gasteiger partial charge is 0.254 e. The average molecular weight is 337 g/mol. The van der Waals surface area contributed by atoms with Gasteiger partial charge in [0.25, 0.3) is 5.91 Å². The minimum atomic E-state index is -0.180. The number of rotatable bonds is 3. The summed E-state index contributed by atoms with van der Waals surface area (Å²) < 4.78 is 5.87. The van der Waals surface area contributed by atoms with E-state index in [9.17, 15) is 4.79 Å². The summed E-state index contributed by atoms with van der Waals surface area (Å²) >= 11 is 0. The third-order valence-electron chi connectivity index (χ3n) is 5.06. The topological polar surface area (TPSA) is 54.5 Å². The normalized spacial score (nSPS) is 19.6. The summed E-state index contributed by atoms with van der Waals surface area (Å²) in [5.74, 6) is 0.899. The minimum Gasteiger partial charge on any atom is -0.373 e. The number of aromatic nitrogens is 1. The number of nitrogens with zero attached hydrogens (tertiary/aromatic N) is 2. The van der Waals surface area contributed by atoms with Crippen LogP contribution in [0.25, 0.3) is 0 Å². The zero-order valence-corrected chi connectivity index (χ0v) is 14.5. The summed E-state index contributed by atoms with van der Waals surface area (Å²) in [5, 5.41) is 3.04. The van der Waals surface area contributed by atoms with E-state index >= 15 is 0 Å². The van der Waals surface area contributed by atoms with Gasteiger partial charge < -0.3 is 15.0 Å². The monoisotopic (exact) mass is 337 g/mol. The summed E-state index contributed by atoms with van der Waals surface area (Å²) in [6.45, 7) is 1.70. The van der Waals surface area contributed by atoms with Gasteiger partial charge in [-0.2, -0.15) is 0 Å². The molecular weight excluding hydrogens is 314 g/mol. The number of anilines is 1. The highest BCUT2D eigenvalue weighted by atomic mass is 16.5. The Hall–Kier alpha value is -2.40. The molecule has 1 saturated heterocycles. The molecule has 2 aromatic rings. The van der Waals surface area contributed by atoms with Crippen LogP contribution in [-0.2, 0) is 17.6 Å². The number of fused-ring (bicyclic) bond motifs is 1. The third-order valence-corrected chi connectivity index (χ3v) is 5.06. The first kappa shape index (κ1) is 16.1. The first-order valence-electron chi connectivity index (χ1n) is 8.92. The molecule has 1 aromatic carbocycles. The first-order chi connectivity index (χ1) is 12.2. The number of nitrogens with one attached hydrogen (secondary N) is 1. The van der Waals surface area contributed by atoms with E-state index in [-0.39, 0.29) is 12.0 Å². The number of hydrogen-bond donors (Lipinski definition) is 1. The summed E-state index contributed by atoms with van der Waals surface area (Å²) in [6.07, 6.45) is 3.24. The molecule has 0 saturated carbocycles. The van der Waals surface area contributed by atoms with Gasteiger partial charge in [0.15, 0.2) is 0 Å². The number of carbonyl (C=O) groups excluding carboxylic acids is 1. The van der Waals surface area contributed by atoms with Crippen LogP contribution in [-0.4, -0.2) is 42.5 Å². The lowest BCUT2D eigenvalue weighted by Crippen LogP contribution is -2.42. The Kier molecular flexibility index (Phi) is 4.40. The molecular formula is C20H23N3O2.